The van der Waals surface area contributed by atoms with Crippen LogP contribution in [0.2, 0.25) is 0 Å². The molecule has 4 unspecified atom stereocenters. The van der Waals surface area contributed by atoms with Crippen LogP contribution in [0.4, 0.5) is 0 Å². The Kier molecular flexibility index (Phi) is 38.1. The molecule has 0 aliphatic rings. The molecular weight excluding hydrogens is 735 g/mol. The van der Waals surface area contributed by atoms with Gasteiger partial charge >= 0.3 is 17.9 Å². The summed E-state index contributed by atoms with van der Waals surface area (Å²) in [7, 11) is 4.08. The second-order valence-corrected chi connectivity index (χ2v) is 19.7. The molecule has 0 aromatic rings. The molecule has 4 atom stereocenters. The molecule has 0 saturated heterocycles. The summed E-state index contributed by atoms with van der Waals surface area (Å²) >= 11 is 0. The molecule has 0 aliphatic carbocycles. The van der Waals surface area contributed by atoms with E-state index in [1.807, 2.05) is 14.1 Å². The zero-order valence-electron chi connectivity index (χ0n) is 41.1. The van der Waals surface area contributed by atoms with Crippen molar-refractivity contribution in [3.8, 4) is 0 Å². The van der Waals surface area contributed by atoms with Crippen LogP contribution in [-0.4, -0.2) is 62.8 Å². The van der Waals surface area contributed by atoms with Crippen molar-refractivity contribution in [2.45, 2.75) is 248 Å². The second-order valence-electron chi connectivity index (χ2n) is 19.7. The van der Waals surface area contributed by atoms with Crippen LogP contribution in [0.5, 0.6) is 0 Å². The highest BCUT2D eigenvalue weighted by Gasteiger charge is 2.19. The molecule has 0 aliphatic heterocycles. The monoisotopic (exact) mass is 836 g/mol. The third-order valence-electron chi connectivity index (χ3n) is 12.8. The minimum absolute atomic E-state index is 0.0249. The Balaban J connectivity index is 4.12. The highest BCUT2D eigenvalue weighted by molar-refractivity contribution is 5.70. The van der Waals surface area contributed by atoms with E-state index in [-0.39, 0.29) is 24.0 Å². The summed E-state index contributed by atoms with van der Waals surface area (Å²) < 4.78 is 17.1. The molecule has 7 nitrogen and oxygen atoms in total. The molecular formula is C52H101NO6. The third-order valence-corrected chi connectivity index (χ3v) is 12.8. The van der Waals surface area contributed by atoms with E-state index in [0.29, 0.717) is 38.4 Å². The molecule has 0 bridgehead atoms. The number of hydrogen-bond donors (Lipinski definition) is 0. The van der Waals surface area contributed by atoms with Crippen molar-refractivity contribution >= 4 is 17.9 Å². The molecule has 0 saturated carbocycles. The predicted octanol–water partition coefficient (Wildman–Crippen LogP) is 14.7. The van der Waals surface area contributed by atoms with Crippen LogP contribution < -0.4 is 0 Å². The van der Waals surface area contributed by atoms with Gasteiger partial charge in [-0.05, 0) is 133 Å². The quantitative estimate of drug-likeness (QED) is 0.0344. The Morgan fingerprint density at radius 2 is 0.915 bits per heavy atom. The van der Waals surface area contributed by atoms with Gasteiger partial charge in [0.05, 0.1) is 13.2 Å². The molecule has 0 spiro atoms. The van der Waals surface area contributed by atoms with Gasteiger partial charge in [-0.25, -0.2) is 0 Å². The fourth-order valence-electron chi connectivity index (χ4n) is 8.55. The van der Waals surface area contributed by atoms with E-state index in [2.05, 4.69) is 60.3 Å². The maximum absolute atomic E-state index is 12.6. The number of hydrogen-bond acceptors (Lipinski definition) is 7. The van der Waals surface area contributed by atoms with Gasteiger partial charge in [-0.3, -0.25) is 14.4 Å². The lowest BCUT2D eigenvalue weighted by Crippen LogP contribution is -2.20. The van der Waals surface area contributed by atoms with Crippen LogP contribution in [-0.2, 0) is 28.6 Å². The van der Waals surface area contributed by atoms with Crippen LogP contribution in [0.1, 0.15) is 242 Å². The summed E-state index contributed by atoms with van der Waals surface area (Å²) in [6.45, 7) is 20.6. The Bertz CT molecular complexity index is 980. The first-order valence-corrected chi connectivity index (χ1v) is 25.4. The summed E-state index contributed by atoms with van der Waals surface area (Å²) in [5, 5.41) is 0. The van der Waals surface area contributed by atoms with Crippen LogP contribution in [0.15, 0.2) is 0 Å². The van der Waals surface area contributed by atoms with E-state index in [0.717, 1.165) is 145 Å². The summed E-state index contributed by atoms with van der Waals surface area (Å²) in [5.41, 5.74) is 0. The largest absolute Gasteiger partial charge is 0.466 e. The standard InChI is InChI=1S/C52H101NO6/c1-11-46(8)49(45(6)7)34-25-22-28-41-57-50(54)35-26-20-16-12-14-18-23-32-48(59-52(56)37-29-40-53(9)10)33-24-19-15-13-17-21-27-36-51(55)58-42-30-31-47(44(4)5)39-38-43(2)3/h43-49H,11-42H2,1-10H3. The fourth-order valence-corrected chi connectivity index (χ4v) is 8.55. The fraction of sp³-hybridized carbons (Fsp3) is 0.942. The minimum atomic E-state index is -0.0489. The van der Waals surface area contributed by atoms with Crippen molar-refractivity contribution in [1.29, 1.82) is 0 Å². The van der Waals surface area contributed by atoms with E-state index >= 15 is 0 Å². The van der Waals surface area contributed by atoms with Gasteiger partial charge in [-0.2, -0.15) is 0 Å². The number of carbonyl (C=O) groups is 3. The van der Waals surface area contributed by atoms with Crippen molar-refractivity contribution in [3.05, 3.63) is 0 Å². The maximum atomic E-state index is 12.6. The van der Waals surface area contributed by atoms with Crippen molar-refractivity contribution < 1.29 is 28.6 Å². The van der Waals surface area contributed by atoms with Gasteiger partial charge in [-0.15, -0.1) is 0 Å². The molecule has 0 aromatic heterocycles. The molecule has 350 valence electrons. The van der Waals surface area contributed by atoms with Gasteiger partial charge in [0, 0.05) is 19.3 Å². The van der Waals surface area contributed by atoms with E-state index in [1.165, 1.54) is 57.8 Å². The highest BCUT2D eigenvalue weighted by atomic mass is 16.5. The molecule has 0 fully saturated rings. The number of esters is 3. The predicted molar refractivity (Wildman–Crippen MR) is 251 cm³/mol. The normalized spacial score (nSPS) is 13.9. The molecule has 0 aromatic carbocycles. The SMILES string of the molecule is CCC(C)C(CCCCCOC(=O)CCCCCCCCCC(CCCCCCCCCC(=O)OCCCC(CCC(C)C)C(C)C)OC(=O)CCCN(C)C)C(C)C. The Morgan fingerprint density at radius 3 is 1.39 bits per heavy atom. The molecule has 0 amide bonds. The third kappa shape index (κ3) is 36.7. The second kappa shape index (κ2) is 39.2. The van der Waals surface area contributed by atoms with Gasteiger partial charge < -0.3 is 19.1 Å². The first kappa shape index (κ1) is 57.4. The summed E-state index contributed by atoms with van der Waals surface area (Å²) in [6, 6.07) is 0. The smallest absolute Gasteiger partial charge is 0.306 e. The van der Waals surface area contributed by atoms with E-state index in [4.69, 9.17) is 14.2 Å². The van der Waals surface area contributed by atoms with Gasteiger partial charge in [0.15, 0.2) is 0 Å². The number of rotatable bonds is 42. The molecule has 0 radical (unpaired) electrons. The van der Waals surface area contributed by atoms with Crippen LogP contribution in [0, 0.1) is 35.5 Å². The molecule has 0 N–H and O–H groups in total. The van der Waals surface area contributed by atoms with Gasteiger partial charge in [-0.1, -0.05) is 145 Å². The minimum Gasteiger partial charge on any atom is -0.466 e. The topological polar surface area (TPSA) is 82.1 Å². The van der Waals surface area contributed by atoms with Crippen molar-refractivity contribution in [1.82, 2.24) is 4.90 Å². The zero-order valence-corrected chi connectivity index (χ0v) is 41.1. The lowest BCUT2D eigenvalue weighted by molar-refractivity contribution is -0.150. The summed E-state index contributed by atoms with van der Waals surface area (Å²) in [5.74, 6) is 4.37. The Hall–Kier alpha value is -1.63. The van der Waals surface area contributed by atoms with E-state index < -0.39 is 0 Å². The number of nitrogens with zero attached hydrogens (tertiary/aromatic N) is 1. The summed E-state index contributed by atoms with van der Waals surface area (Å²) in [4.78, 5) is 39.2. The molecule has 7 heteroatoms. The Labute approximate surface area is 367 Å². The van der Waals surface area contributed by atoms with Gasteiger partial charge in [0.1, 0.15) is 6.10 Å². The van der Waals surface area contributed by atoms with Crippen molar-refractivity contribution in [3.63, 3.8) is 0 Å². The van der Waals surface area contributed by atoms with Crippen molar-refractivity contribution in [2.24, 2.45) is 35.5 Å². The van der Waals surface area contributed by atoms with Gasteiger partial charge in [0.2, 0.25) is 0 Å². The molecule has 59 heavy (non-hydrogen) atoms. The van der Waals surface area contributed by atoms with Crippen LogP contribution >= 0.6 is 0 Å². The number of unbranched alkanes of at least 4 members (excludes halogenated alkanes) is 14. The molecule has 0 rings (SSSR count). The van der Waals surface area contributed by atoms with E-state index in [9.17, 15) is 14.4 Å². The van der Waals surface area contributed by atoms with Crippen molar-refractivity contribution in [2.75, 3.05) is 33.9 Å². The number of carbonyl (C=O) groups excluding carboxylic acids is 3. The van der Waals surface area contributed by atoms with Gasteiger partial charge in [0.25, 0.3) is 0 Å². The number of ether oxygens (including phenoxy) is 3. The lowest BCUT2D eigenvalue weighted by Gasteiger charge is -2.26. The average Bonchev–Trinajstić information content (AvgIpc) is 3.17. The Morgan fingerprint density at radius 1 is 0.458 bits per heavy atom. The zero-order chi connectivity index (χ0) is 44.1. The summed E-state index contributed by atoms with van der Waals surface area (Å²) in [6.07, 6.45) is 30.5. The first-order valence-electron chi connectivity index (χ1n) is 25.4. The average molecular weight is 836 g/mol. The molecule has 0 heterocycles. The first-order chi connectivity index (χ1) is 28.3. The lowest BCUT2D eigenvalue weighted by atomic mass is 9.79. The maximum Gasteiger partial charge on any atom is 0.306 e. The van der Waals surface area contributed by atoms with Crippen LogP contribution in [0.3, 0.4) is 0 Å². The highest BCUT2D eigenvalue weighted by Crippen LogP contribution is 2.29. The van der Waals surface area contributed by atoms with Crippen LogP contribution in [0.25, 0.3) is 0 Å². The van der Waals surface area contributed by atoms with E-state index in [1.54, 1.807) is 0 Å².